The predicted molar refractivity (Wildman–Crippen MR) is 53.8 cm³/mol. The van der Waals surface area contributed by atoms with Crippen LogP contribution in [0.2, 0.25) is 0 Å². The molecule has 0 aromatic carbocycles. The highest BCUT2D eigenvalue weighted by atomic mass is 16.5. The van der Waals surface area contributed by atoms with Gasteiger partial charge in [0.15, 0.2) is 0 Å². The summed E-state index contributed by atoms with van der Waals surface area (Å²) >= 11 is 0. The molecule has 0 radical (unpaired) electrons. The Morgan fingerprint density at radius 3 is 2.36 bits per heavy atom. The van der Waals surface area contributed by atoms with Crippen LogP contribution < -0.4 is 0 Å². The third kappa shape index (κ3) is 1.64. The molecular weight excluding hydrogens is 180 g/mol. The minimum atomic E-state index is 0.411. The second kappa shape index (κ2) is 3.87. The van der Waals surface area contributed by atoms with E-state index in [-0.39, 0.29) is 0 Å². The van der Waals surface area contributed by atoms with Crippen molar-refractivity contribution in [3.63, 3.8) is 0 Å². The van der Waals surface area contributed by atoms with E-state index in [0.29, 0.717) is 18.1 Å². The summed E-state index contributed by atoms with van der Waals surface area (Å²) in [5.74, 6) is 0. The molecule has 2 fully saturated rings. The summed E-state index contributed by atoms with van der Waals surface area (Å²) in [6, 6.07) is 1.37. The molecule has 0 aliphatic carbocycles. The minimum absolute atomic E-state index is 0.411. The lowest BCUT2D eigenvalue weighted by Crippen LogP contribution is -2.59. The van der Waals surface area contributed by atoms with E-state index in [2.05, 4.69) is 23.9 Å². The lowest BCUT2D eigenvalue weighted by molar-refractivity contribution is -0.0676. The van der Waals surface area contributed by atoms with Crippen LogP contribution in [0.3, 0.4) is 0 Å². The molecule has 4 heteroatoms. The van der Waals surface area contributed by atoms with Gasteiger partial charge >= 0.3 is 0 Å². The van der Waals surface area contributed by atoms with Gasteiger partial charge in [-0.1, -0.05) is 5.16 Å². The van der Waals surface area contributed by atoms with Crippen molar-refractivity contribution in [1.29, 1.82) is 0 Å². The number of nitrogens with zero attached hydrogens (tertiary/aromatic N) is 2. The maximum atomic E-state index is 8.80. The molecule has 0 aromatic rings. The lowest BCUT2D eigenvalue weighted by atomic mass is 9.91. The van der Waals surface area contributed by atoms with Gasteiger partial charge in [0.2, 0.25) is 0 Å². The molecule has 0 aromatic heterocycles. The summed E-state index contributed by atoms with van der Waals surface area (Å²) in [7, 11) is 0. The Balaban J connectivity index is 2.15. The first-order valence-electron chi connectivity index (χ1n) is 5.27. The van der Waals surface area contributed by atoms with Crippen molar-refractivity contribution < 1.29 is 9.94 Å². The number of hydrogen-bond donors (Lipinski definition) is 1. The number of hydrogen-bond acceptors (Lipinski definition) is 4. The van der Waals surface area contributed by atoms with E-state index in [1.54, 1.807) is 0 Å². The summed E-state index contributed by atoms with van der Waals surface area (Å²) in [6.45, 7) is 5.97. The highest BCUT2D eigenvalue weighted by Gasteiger charge is 2.38. The van der Waals surface area contributed by atoms with E-state index in [0.717, 1.165) is 31.8 Å². The molecule has 80 valence electrons. The predicted octanol–water partition coefficient (Wildman–Crippen LogP) is 1.09. The SMILES string of the molecule is CC(C)N1C2COCC1CC(=NO)C2. The van der Waals surface area contributed by atoms with Crippen LogP contribution in [0.4, 0.5) is 0 Å². The molecule has 2 aliphatic heterocycles. The molecule has 0 saturated carbocycles. The minimum Gasteiger partial charge on any atom is -0.411 e. The number of rotatable bonds is 1. The smallest absolute Gasteiger partial charge is 0.0626 e. The van der Waals surface area contributed by atoms with E-state index < -0.39 is 0 Å². The molecule has 2 aliphatic rings. The molecule has 4 nitrogen and oxygen atoms in total. The highest BCUT2D eigenvalue weighted by molar-refractivity contribution is 5.86. The third-order valence-electron chi connectivity index (χ3n) is 3.14. The fourth-order valence-corrected chi connectivity index (χ4v) is 2.69. The molecular formula is C10H18N2O2. The summed E-state index contributed by atoms with van der Waals surface area (Å²) in [6.07, 6.45) is 1.70. The number of fused-ring (bicyclic) bond motifs is 2. The van der Waals surface area contributed by atoms with Crippen LogP contribution in [0.25, 0.3) is 0 Å². The average Bonchev–Trinajstić information content (AvgIpc) is 2.15. The number of morpholine rings is 1. The van der Waals surface area contributed by atoms with E-state index in [9.17, 15) is 0 Å². The average molecular weight is 198 g/mol. The Bertz CT molecular complexity index is 224. The first-order chi connectivity index (χ1) is 6.72. The fraction of sp³-hybridized carbons (Fsp3) is 0.900. The summed E-state index contributed by atoms with van der Waals surface area (Å²) < 4.78 is 5.53. The third-order valence-corrected chi connectivity index (χ3v) is 3.14. The van der Waals surface area contributed by atoms with Gasteiger partial charge < -0.3 is 9.94 Å². The largest absolute Gasteiger partial charge is 0.411 e. The van der Waals surface area contributed by atoms with E-state index in [1.807, 2.05) is 0 Å². The Labute approximate surface area is 84.5 Å². The topological polar surface area (TPSA) is 45.1 Å². The maximum absolute atomic E-state index is 8.80. The normalized spacial score (nSPS) is 33.5. The van der Waals surface area contributed by atoms with E-state index in [1.165, 1.54) is 0 Å². The van der Waals surface area contributed by atoms with Gasteiger partial charge in [0, 0.05) is 31.0 Å². The Kier molecular flexibility index (Phi) is 2.74. The molecule has 0 spiro atoms. The molecule has 2 unspecified atom stereocenters. The van der Waals surface area contributed by atoms with Crippen molar-refractivity contribution in [2.75, 3.05) is 13.2 Å². The van der Waals surface area contributed by atoms with E-state index >= 15 is 0 Å². The van der Waals surface area contributed by atoms with Gasteiger partial charge in [-0.25, -0.2) is 0 Å². The molecule has 2 bridgehead atoms. The van der Waals surface area contributed by atoms with Crippen molar-refractivity contribution in [1.82, 2.24) is 4.90 Å². The summed E-state index contributed by atoms with van der Waals surface area (Å²) in [5.41, 5.74) is 0.931. The second-order valence-electron chi connectivity index (χ2n) is 4.46. The van der Waals surface area contributed by atoms with Crippen molar-refractivity contribution >= 4 is 5.71 Å². The fourth-order valence-electron chi connectivity index (χ4n) is 2.69. The Morgan fingerprint density at radius 1 is 1.36 bits per heavy atom. The zero-order valence-corrected chi connectivity index (χ0v) is 8.81. The van der Waals surface area contributed by atoms with Crippen LogP contribution >= 0.6 is 0 Å². The molecule has 2 rings (SSSR count). The van der Waals surface area contributed by atoms with E-state index in [4.69, 9.17) is 9.94 Å². The Hall–Kier alpha value is -0.610. The van der Waals surface area contributed by atoms with Crippen LogP contribution in [-0.4, -0.2) is 47.2 Å². The van der Waals surface area contributed by atoms with Gasteiger partial charge in [-0.05, 0) is 13.8 Å². The molecule has 2 saturated heterocycles. The first-order valence-corrected chi connectivity index (χ1v) is 5.27. The van der Waals surface area contributed by atoms with Gasteiger partial charge in [0.1, 0.15) is 0 Å². The van der Waals surface area contributed by atoms with Crippen molar-refractivity contribution in [2.24, 2.45) is 5.16 Å². The number of oxime groups is 1. The second-order valence-corrected chi connectivity index (χ2v) is 4.46. The molecule has 14 heavy (non-hydrogen) atoms. The lowest BCUT2D eigenvalue weighted by Gasteiger charge is -2.48. The standard InChI is InChI=1S/C10H18N2O2/c1-7(2)12-9-3-8(11-13)4-10(12)6-14-5-9/h7,9-10,13H,3-6H2,1-2H3. The van der Waals surface area contributed by atoms with Crippen LogP contribution in [0.1, 0.15) is 26.7 Å². The van der Waals surface area contributed by atoms with Crippen molar-refractivity contribution in [3.05, 3.63) is 0 Å². The van der Waals surface area contributed by atoms with Crippen LogP contribution in [0, 0.1) is 0 Å². The monoisotopic (exact) mass is 198 g/mol. The van der Waals surface area contributed by atoms with Gasteiger partial charge in [-0.2, -0.15) is 0 Å². The number of ether oxygens (including phenoxy) is 1. The summed E-state index contributed by atoms with van der Waals surface area (Å²) in [4.78, 5) is 2.50. The molecule has 2 heterocycles. The van der Waals surface area contributed by atoms with Crippen LogP contribution in [0.15, 0.2) is 5.16 Å². The van der Waals surface area contributed by atoms with Gasteiger partial charge in [0.25, 0.3) is 0 Å². The van der Waals surface area contributed by atoms with Gasteiger partial charge in [0.05, 0.1) is 18.9 Å². The van der Waals surface area contributed by atoms with Crippen molar-refractivity contribution in [3.8, 4) is 0 Å². The van der Waals surface area contributed by atoms with Gasteiger partial charge in [-0.3, -0.25) is 4.90 Å². The van der Waals surface area contributed by atoms with Crippen LogP contribution in [-0.2, 0) is 4.74 Å². The molecule has 1 N–H and O–H groups in total. The number of piperidine rings is 1. The van der Waals surface area contributed by atoms with Crippen molar-refractivity contribution in [2.45, 2.75) is 44.8 Å². The summed E-state index contributed by atoms with van der Waals surface area (Å²) in [5, 5.41) is 12.2. The van der Waals surface area contributed by atoms with Gasteiger partial charge in [-0.15, -0.1) is 0 Å². The quantitative estimate of drug-likeness (QED) is 0.506. The zero-order valence-electron chi connectivity index (χ0n) is 8.81. The Morgan fingerprint density at radius 2 is 1.93 bits per heavy atom. The first kappa shape index (κ1) is 9.93. The molecule has 2 atom stereocenters. The zero-order chi connectivity index (χ0) is 10.1. The molecule has 0 amide bonds. The highest BCUT2D eigenvalue weighted by Crippen LogP contribution is 2.27. The van der Waals surface area contributed by atoms with Crippen LogP contribution in [0.5, 0.6) is 0 Å². The maximum Gasteiger partial charge on any atom is 0.0626 e.